The summed E-state index contributed by atoms with van der Waals surface area (Å²) in [6.07, 6.45) is -1.06. The Morgan fingerprint density at radius 2 is 2.28 bits per heavy atom. The van der Waals surface area contributed by atoms with E-state index in [9.17, 15) is 14.0 Å². The minimum Gasteiger partial charge on any atom is -0.465 e. The molecule has 0 radical (unpaired) electrons. The fourth-order valence-corrected chi connectivity index (χ4v) is 1.95. The minimum atomic E-state index is -1.37. The van der Waals surface area contributed by atoms with Gasteiger partial charge < -0.3 is 16.2 Å². The average molecular weight is 253 g/mol. The van der Waals surface area contributed by atoms with Crippen LogP contribution in [0.4, 0.5) is 20.6 Å². The van der Waals surface area contributed by atoms with E-state index >= 15 is 0 Å². The molecule has 2 rings (SSSR count). The summed E-state index contributed by atoms with van der Waals surface area (Å²) >= 11 is 0. The van der Waals surface area contributed by atoms with Crippen LogP contribution in [0.25, 0.3) is 0 Å². The molecule has 1 heterocycles. The van der Waals surface area contributed by atoms with Gasteiger partial charge in [-0.2, -0.15) is 0 Å². The highest BCUT2D eigenvalue weighted by molar-refractivity contribution is 5.97. The predicted molar refractivity (Wildman–Crippen MR) is 62.7 cm³/mol. The number of hydrogen-bond donors (Lipinski definition) is 3. The maximum absolute atomic E-state index is 13.7. The quantitative estimate of drug-likeness (QED) is 0.679. The molecule has 4 N–H and O–H groups in total. The van der Waals surface area contributed by atoms with Crippen LogP contribution in [0.2, 0.25) is 0 Å². The van der Waals surface area contributed by atoms with Gasteiger partial charge in [-0.1, -0.05) is 0 Å². The van der Waals surface area contributed by atoms with E-state index in [1.54, 1.807) is 0 Å². The molecule has 1 aliphatic heterocycles. The number of amides is 2. The Hall–Kier alpha value is -2.31. The molecule has 1 fully saturated rings. The van der Waals surface area contributed by atoms with Crippen molar-refractivity contribution in [3.63, 3.8) is 0 Å². The highest BCUT2D eigenvalue weighted by Crippen LogP contribution is 2.25. The molecule has 18 heavy (non-hydrogen) atoms. The fourth-order valence-electron chi connectivity index (χ4n) is 1.95. The van der Waals surface area contributed by atoms with Gasteiger partial charge in [-0.15, -0.1) is 0 Å². The summed E-state index contributed by atoms with van der Waals surface area (Å²) < 4.78 is 13.7. The van der Waals surface area contributed by atoms with Gasteiger partial charge >= 0.3 is 6.09 Å². The zero-order chi connectivity index (χ0) is 13.3. The predicted octanol–water partition coefficient (Wildman–Crippen LogP) is 0.781. The second-order valence-corrected chi connectivity index (χ2v) is 3.96. The van der Waals surface area contributed by atoms with Crippen molar-refractivity contribution in [1.29, 1.82) is 0 Å². The van der Waals surface area contributed by atoms with Gasteiger partial charge in [0.15, 0.2) is 0 Å². The molecule has 7 heteroatoms. The first kappa shape index (κ1) is 12.2. The van der Waals surface area contributed by atoms with Crippen LogP contribution in [0.3, 0.4) is 0 Å². The van der Waals surface area contributed by atoms with E-state index in [1.807, 2.05) is 0 Å². The molecule has 0 aliphatic carbocycles. The molecule has 6 nitrogen and oxygen atoms in total. The first-order valence-corrected chi connectivity index (χ1v) is 5.35. The molecule has 2 amide bonds. The SMILES string of the molecule is Nc1ccc(N(C(=O)O)[C@H]2CCNC2=O)c(F)c1. The summed E-state index contributed by atoms with van der Waals surface area (Å²) in [5.41, 5.74) is 5.42. The van der Waals surface area contributed by atoms with Crippen LogP contribution in [0.15, 0.2) is 18.2 Å². The van der Waals surface area contributed by atoms with Crippen molar-refractivity contribution in [2.75, 3.05) is 17.2 Å². The second-order valence-electron chi connectivity index (χ2n) is 3.96. The Balaban J connectivity index is 2.41. The number of nitrogens with one attached hydrogen (secondary N) is 1. The molecular weight excluding hydrogens is 241 g/mol. The van der Waals surface area contributed by atoms with E-state index in [2.05, 4.69) is 5.32 Å². The lowest BCUT2D eigenvalue weighted by Crippen LogP contribution is -2.44. The molecule has 96 valence electrons. The maximum atomic E-state index is 13.7. The molecule has 0 bridgehead atoms. The standard InChI is InChI=1S/C11H12FN3O3/c12-7-5-6(13)1-2-8(7)15(11(17)18)9-3-4-14-10(9)16/h1-2,5,9H,3-4,13H2,(H,14,16)(H,17,18)/t9-/m0/s1. The number of nitrogens with zero attached hydrogens (tertiary/aromatic N) is 1. The minimum absolute atomic E-state index is 0.168. The number of carboxylic acid groups (broad SMARTS) is 1. The van der Waals surface area contributed by atoms with Gasteiger partial charge in [0.2, 0.25) is 5.91 Å². The van der Waals surface area contributed by atoms with Gasteiger partial charge in [0.05, 0.1) is 5.69 Å². The van der Waals surface area contributed by atoms with Crippen LogP contribution in [0.5, 0.6) is 0 Å². The monoisotopic (exact) mass is 253 g/mol. The lowest BCUT2D eigenvalue weighted by atomic mass is 10.1. The Labute approximate surface area is 102 Å². The third-order valence-corrected chi connectivity index (χ3v) is 2.77. The highest BCUT2D eigenvalue weighted by Gasteiger charge is 2.35. The Morgan fingerprint density at radius 3 is 2.78 bits per heavy atom. The number of nitrogens with two attached hydrogens (primary N) is 1. The number of rotatable bonds is 2. The highest BCUT2D eigenvalue weighted by atomic mass is 19.1. The summed E-state index contributed by atoms with van der Waals surface area (Å²) in [7, 11) is 0. The van der Waals surface area contributed by atoms with Crippen molar-refractivity contribution in [3.05, 3.63) is 24.0 Å². The number of carbonyl (C=O) groups excluding carboxylic acids is 1. The van der Waals surface area contributed by atoms with Crippen molar-refractivity contribution in [1.82, 2.24) is 5.32 Å². The first-order valence-electron chi connectivity index (χ1n) is 5.35. The molecule has 0 unspecified atom stereocenters. The number of hydrogen-bond acceptors (Lipinski definition) is 3. The number of halogens is 1. The lowest BCUT2D eigenvalue weighted by molar-refractivity contribution is -0.120. The normalized spacial score (nSPS) is 18.5. The van der Waals surface area contributed by atoms with E-state index in [0.717, 1.165) is 11.0 Å². The van der Waals surface area contributed by atoms with Gasteiger partial charge in [0.1, 0.15) is 11.9 Å². The van der Waals surface area contributed by atoms with E-state index in [-0.39, 0.29) is 11.4 Å². The number of nitrogen functional groups attached to an aromatic ring is 1. The number of benzene rings is 1. The molecule has 0 spiro atoms. The average Bonchev–Trinajstić information content (AvgIpc) is 2.68. The number of anilines is 2. The van der Waals surface area contributed by atoms with Crippen molar-refractivity contribution in [3.8, 4) is 0 Å². The smallest absolute Gasteiger partial charge is 0.412 e. The zero-order valence-electron chi connectivity index (χ0n) is 9.39. The topological polar surface area (TPSA) is 95.7 Å². The second kappa shape index (κ2) is 4.52. The summed E-state index contributed by atoms with van der Waals surface area (Å²) in [5, 5.41) is 11.7. The largest absolute Gasteiger partial charge is 0.465 e. The summed E-state index contributed by atoms with van der Waals surface area (Å²) in [6, 6.07) is 2.77. The van der Waals surface area contributed by atoms with Crippen LogP contribution >= 0.6 is 0 Å². The molecule has 1 aromatic rings. The van der Waals surface area contributed by atoms with Gasteiger partial charge in [0.25, 0.3) is 0 Å². The van der Waals surface area contributed by atoms with Crippen molar-refractivity contribution in [2.24, 2.45) is 0 Å². The van der Waals surface area contributed by atoms with Crippen LogP contribution in [0, 0.1) is 5.82 Å². The molecule has 1 atom stereocenters. The number of carbonyl (C=O) groups is 2. The molecule has 1 aromatic carbocycles. The first-order chi connectivity index (χ1) is 8.50. The molecule has 1 aliphatic rings. The van der Waals surface area contributed by atoms with E-state index < -0.39 is 23.9 Å². The van der Waals surface area contributed by atoms with Gasteiger partial charge in [-0.25, -0.2) is 9.18 Å². The molecule has 1 saturated heterocycles. The van der Waals surface area contributed by atoms with Crippen LogP contribution in [-0.2, 0) is 4.79 Å². The van der Waals surface area contributed by atoms with E-state index in [1.165, 1.54) is 12.1 Å². The van der Waals surface area contributed by atoms with E-state index in [0.29, 0.717) is 13.0 Å². The summed E-state index contributed by atoms with van der Waals surface area (Å²) in [6.45, 7) is 0.379. The molecular formula is C11H12FN3O3. The van der Waals surface area contributed by atoms with Gasteiger partial charge in [-0.05, 0) is 24.6 Å². The lowest BCUT2D eigenvalue weighted by Gasteiger charge is -2.24. The maximum Gasteiger partial charge on any atom is 0.412 e. The fraction of sp³-hybridized carbons (Fsp3) is 0.273. The van der Waals surface area contributed by atoms with Crippen molar-refractivity contribution >= 4 is 23.4 Å². The van der Waals surface area contributed by atoms with Crippen LogP contribution in [0.1, 0.15) is 6.42 Å². The Morgan fingerprint density at radius 1 is 1.56 bits per heavy atom. The van der Waals surface area contributed by atoms with Crippen molar-refractivity contribution < 1.29 is 19.1 Å². The molecule has 0 saturated carbocycles. The third-order valence-electron chi connectivity index (χ3n) is 2.77. The van der Waals surface area contributed by atoms with Crippen LogP contribution < -0.4 is 16.0 Å². The van der Waals surface area contributed by atoms with E-state index in [4.69, 9.17) is 10.8 Å². The van der Waals surface area contributed by atoms with Gasteiger partial charge in [-0.3, -0.25) is 9.69 Å². The Kier molecular flexibility index (Phi) is 3.05. The summed E-state index contributed by atoms with van der Waals surface area (Å²) in [4.78, 5) is 23.5. The summed E-state index contributed by atoms with van der Waals surface area (Å²) in [5.74, 6) is -1.19. The third kappa shape index (κ3) is 2.06. The van der Waals surface area contributed by atoms with Crippen molar-refractivity contribution in [2.45, 2.75) is 12.5 Å². The van der Waals surface area contributed by atoms with Crippen LogP contribution in [-0.4, -0.2) is 29.7 Å². The van der Waals surface area contributed by atoms with Gasteiger partial charge in [0, 0.05) is 12.2 Å². The zero-order valence-corrected chi connectivity index (χ0v) is 9.39. The Bertz CT molecular complexity index is 506. The molecule has 0 aromatic heterocycles.